The van der Waals surface area contributed by atoms with Crippen LogP contribution in [-0.2, 0) is 11.3 Å². The van der Waals surface area contributed by atoms with E-state index in [0.717, 1.165) is 35.4 Å². The molecule has 0 spiro atoms. The Labute approximate surface area is 191 Å². The standard InChI is InChI=1S/C24H28N6O3/c1-15-11-28(12-16(2)33-15)17(3)19-9-21-22(25-10-19)29(24(31)30-23(21)26-14-27-30)13-18-5-7-20(32-4)8-6-18/h5-10,14-17H,11-13H2,1-4H3. The molecule has 33 heavy (non-hydrogen) atoms. The van der Waals surface area contributed by atoms with Gasteiger partial charge in [0.1, 0.15) is 17.7 Å². The molecule has 0 radical (unpaired) electrons. The molecule has 1 aliphatic heterocycles. The number of nitrogens with zero attached hydrogens (tertiary/aromatic N) is 6. The summed E-state index contributed by atoms with van der Waals surface area (Å²) in [4.78, 5) is 24.7. The van der Waals surface area contributed by atoms with E-state index in [-0.39, 0.29) is 23.9 Å². The highest BCUT2D eigenvalue weighted by Gasteiger charge is 2.27. The third-order valence-corrected chi connectivity index (χ3v) is 6.32. The minimum Gasteiger partial charge on any atom is -0.497 e. The van der Waals surface area contributed by atoms with Crippen LogP contribution in [0.4, 0.5) is 0 Å². The lowest BCUT2D eigenvalue weighted by molar-refractivity contribution is -0.0789. The van der Waals surface area contributed by atoms with Gasteiger partial charge < -0.3 is 9.47 Å². The van der Waals surface area contributed by atoms with E-state index in [0.29, 0.717) is 17.8 Å². The van der Waals surface area contributed by atoms with Crippen LogP contribution in [0, 0.1) is 0 Å². The number of benzene rings is 1. The van der Waals surface area contributed by atoms with Gasteiger partial charge >= 0.3 is 5.69 Å². The molecule has 0 saturated carbocycles. The van der Waals surface area contributed by atoms with Crippen molar-refractivity contribution in [3.63, 3.8) is 0 Å². The van der Waals surface area contributed by atoms with Gasteiger partial charge in [0.2, 0.25) is 0 Å². The summed E-state index contributed by atoms with van der Waals surface area (Å²) in [5.41, 5.74) is 2.88. The molecule has 5 rings (SSSR count). The lowest BCUT2D eigenvalue weighted by Crippen LogP contribution is -2.46. The Balaban J connectivity index is 1.58. The second-order valence-corrected chi connectivity index (χ2v) is 8.74. The molecular weight excluding hydrogens is 420 g/mol. The molecule has 172 valence electrons. The Morgan fingerprint density at radius 1 is 1.12 bits per heavy atom. The maximum Gasteiger partial charge on any atom is 0.352 e. The molecule has 0 N–H and O–H groups in total. The molecule has 4 heterocycles. The normalized spacial score (nSPS) is 20.4. The zero-order valence-electron chi connectivity index (χ0n) is 19.3. The van der Waals surface area contributed by atoms with Gasteiger partial charge in [0.05, 0.1) is 31.2 Å². The minimum absolute atomic E-state index is 0.153. The predicted molar refractivity (Wildman–Crippen MR) is 125 cm³/mol. The number of ether oxygens (including phenoxy) is 2. The Morgan fingerprint density at radius 3 is 2.55 bits per heavy atom. The number of hydrogen-bond acceptors (Lipinski definition) is 7. The maximum atomic E-state index is 13.2. The zero-order chi connectivity index (χ0) is 23.1. The monoisotopic (exact) mass is 448 g/mol. The molecule has 0 amide bonds. The summed E-state index contributed by atoms with van der Waals surface area (Å²) in [5.74, 6) is 0.770. The maximum absolute atomic E-state index is 13.2. The summed E-state index contributed by atoms with van der Waals surface area (Å²) < 4.78 is 14.1. The van der Waals surface area contributed by atoms with E-state index in [4.69, 9.17) is 14.5 Å². The fourth-order valence-corrected chi connectivity index (χ4v) is 4.65. The van der Waals surface area contributed by atoms with Gasteiger partial charge in [-0.15, -0.1) is 0 Å². The van der Waals surface area contributed by atoms with E-state index in [1.54, 1.807) is 11.7 Å². The van der Waals surface area contributed by atoms with Gasteiger partial charge in [0.25, 0.3) is 0 Å². The van der Waals surface area contributed by atoms with Crippen LogP contribution in [0.15, 0.2) is 47.7 Å². The van der Waals surface area contributed by atoms with Gasteiger partial charge in [0, 0.05) is 25.3 Å². The first-order valence-corrected chi connectivity index (χ1v) is 11.2. The van der Waals surface area contributed by atoms with Crippen LogP contribution in [0.3, 0.4) is 0 Å². The van der Waals surface area contributed by atoms with E-state index in [9.17, 15) is 4.79 Å². The highest BCUT2D eigenvalue weighted by atomic mass is 16.5. The molecule has 1 fully saturated rings. The summed E-state index contributed by atoms with van der Waals surface area (Å²) in [7, 11) is 1.63. The third kappa shape index (κ3) is 3.98. The van der Waals surface area contributed by atoms with Crippen LogP contribution in [0.5, 0.6) is 5.75 Å². The van der Waals surface area contributed by atoms with Crippen molar-refractivity contribution in [3.05, 3.63) is 64.5 Å². The van der Waals surface area contributed by atoms with Gasteiger partial charge in [-0.1, -0.05) is 12.1 Å². The third-order valence-electron chi connectivity index (χ3n) is 6.32. The Bertz CT molecular complexity index is 1340. The fourth-order valence-electron chi connectivity index (χ4n) is 4.65. The lowest BCUT2D eigenvalue weighted by atomic mass is 10.1. The number of pyridine rings is 1. The number of rotatable bonds is 5. The molecule has 4 aromatic rings. The number of morpholine rings is 1. The van der Waals surface area contributed by atoms with E-state index in [2.05, 4.69) is 41.8 Å². The molecule has 0 bridgehead atoms. The SMILES string of the molecule is COc1ccc(Cn2c(=O)n3ncnc3c3cc(C(C)N4CC(C)OC(C)C4)cnc32)cc1. The molecule has 1 aliphatic rings. The summed E-state index contributed by atoms with van der Waals surface area (Å²) in [6.07, 6.45) is 3.65. The summed E-state index contributed by atoms with van der Waals surface area (Å²) in [6.45, 7) is 8.48. The second kappa shape index (κ2) is 8.57. The highest BCUT2D eigenvalue weighted by molar-refractivity contribution is 5.89. The number of fused-ring (bicyclic) bond motifs is 3. The van der Waals surface area contributed by atoms with Crippen LogP contribution in [0.1, 0.15) is 37.9 Å². The van der Waals surface area contributed by atoms with Crippen molar-refractivity contribution in [2.45, 2.75) is 45.6 Å². The van der Waals surface area contributed by atoms with E-state index in [1.807, 2.05) is 30.5 Å². The van der Waals surface area contributed by atoms with E-state index >= 15 is 0 Å². The van der Waals surface area contributed by atoms with E-state index < -0.39 is 0 Å². The van der Waals surface area contributed by atoms with Gasteiger partial charge in [-0.05, 0) is 50.1 Å². The number of methoxy groups -OCH3 is 1. The van der Waals surface area contributed by atoms with Gasteiger partial charge in [-0.2, -0.15) is 9.61 Å². The largest absolute Gasteiger partial charge is 0.497 e. The summed E-state index contributed by atoms with van der Waals surface area (Å²) in [5, 5.41) is 4.98. The first-order valence-electron chi connectivity index (χ1n) is 11.2. The Kier molecular flexibility index (Phi) is 5.59. The molecule has 9 nitrogen and oxygen atoms in total. The number of aromatic nitrogens is 5. The Morgan fingerprint density at radius 2 is 1.85 bits per heavy atom. The van der Waals surface area contributed by atoms with Crippen molar-refractivity contribution in [2.24, 2.45) is 0 Å². The minimum atomic E-state index is -0.269. The average molecular weight is 449 g/mol. The van der Waals surface area contributed by atoms with Crippen molar-refractivity contribution < 1.29 is 9.47 Å². The summed E-state index contributed by atoms with van der Waals surface area (Å²) >= 11 is 0. The number of hydrogen-bond donors (Lipinski definition) is 0. The second-order valence-electron chi connectivity index (χ2n) is 8.74. The van der Waals surface area contributed by atoms with Gasteiger partial charge in [-0.25, -0.2) is 14.8 Å². The van der Waals surface area contributed by atoms with Crippen molar-refractivity contribution >= 4 is 16.7 Å². The quantitative estimate of drug-likeness (QED) is 0.464. The lowest BCUT2D eigenvalue weighted by Gasteiger charge is -2.39. The van der Waals surface area contributed by atoms with Crippen LogP contribution < -0.4 is 10.4 Å². The van der Waals surface area contributed by atoms with E-state index in [1.165, 1.54) is 10.8 Å². The molecular formula is C24H28N6O3. The van der Waals surface area contributed by atoms with Crippen molar-refractivity contribution in [2.75, 3.05) is 20.2 Å². The molecule has 1 aromatic carbocycles. The van der Waals surface area contributed by atoms with Crippen molar-refractivity contribution in [1.82, 2.24) is 29.0 Å². The summed E-state index contributed by atoms with van der Waals surface area (Å²) in [6, 6.07) is 9.90. The zero-order valence-corrected chi connectivity index (χ0v) is 19.3. The fraction of sp³-hybridized carbons (Fsp3) is 0.417. The smallest absolute Gasteiger partial charge is 0.352 e. The Hall–Kier alpha value is -3.30. The molecule has 3 atom stereocenters. The molecule has 1 saturated heterocycles. The average Bonchev–Trinajstić information content (AvgIpc) is 3.31. The molecule has 3 unspecified atom stereocenters. The first kappa shape index (κ1) is 21.5. The van der Waals surface area contributed by atoms with Crippen molar-refractivity contribution in [1.29, 1.82) is 0 Å². The highest BCUT2D eigenvalue weighted by Crippen LogP contribution is 2.27. The van der Waals surface area contributed by atoms with Gasteiger partial charge in [-0.3, -0.25) is 9.47 Å². The van der Waals surface area contributed by atoms with Crippen LogP contribution in [0.25, 0.3) is 16.7 Å². The van der Waals surface area contributed by atoms with Crippen LogP contribution >= 0.6 is 0 Å². The van der Waals surface area contributed by atoms with Gasteiger partial charge in [0.15, 0.2) is 5.65 Å². The van der Waals surface area contributed by atoms with Crippen molar-refractivity contribution in [3.8, 4) is 5.75 Å². The molecule has 9 heteroatoms. The first-order chi connectivity index (χ1) is 15.9. The molecule has 3 aromatic heterocycles. The molecule has 0 aliphatic carbocycles. The van der Waals surface area contributed by atoms with Crippen LogP contribution in [0.2, 0.25) is 0 Å². The van der Waals surface area contributed by atoms with Crippen LogP contribution in [-0.4, -0.2) is 61.5 Å². The predicted octanol–water partition coefficient (Wildman–Crippen LogP) is 2.67. The topological polar surface area (TPSA) is 86.8 Å².